The van der Waals surface area contributed by atoms with Crippen molar-refractivity contribution in [3.05, 3.63) is 110 Å². The van der Waals surface area contributed by atoms with Crippen LogP contribution in [0.5, 0.6) is 0 Å². The third-order valence-corrected chi connectivity index (χ3v) is 6.39. The number of aryl methyl sites for hydroxylation is 2. The van der Waals surface area contributed by atoms with E-state index < -0.39 is 23.2 Å². The largest absolute Gasteiger partial charge is 0.302 e. The third kappa shape index (κ3) is 3.65. The van der Waals surface area contributed by atoms with E-state index in [0.29, 0.717) is 50.2 Å². The maximum Gasteiger partial charge on any atom is 0.281 e. The number of hydrogen-bond acceptors (Lipinski definition) is 4. The molecule has 8 heteroatoms. The maximum atomic E-state index is 13.4. The van der Waals surface area contributed by atoms with Gasteiger partial charge in [-0.1, -0.05) is 23.7 Å². The number of imide groups is 1. The van der Waals surface area contributed by atoms with Gasteiger partial charge in [-0.25, -0.2) is 9.29 Å². The van der Waals surface area contributed by atoms with Crippen molar-refractivity contribution in [3.8, 4) is 16.8 Å². The van der Waals surface area contributed by atoms with Crippen LogP contribution in [0.3, 0.4) is 0 Å². The quantitative estimate of drug-likeness (QED) is 0.362. The van der Waals surface area contributed by atoms with Crippen molar-refractivity contribution in [1.82, 2.24) is 9.55 Å². The first-order valence-electron chi connectivity index (χ1n) is 10.8. The van der Waals surface area contributed by atoms with Crippen molar-refractivity contribution in [1.29, 1.82) is 0 Å². The van der Waals surface area contributed by atoms with Gasteiger partial charge in [-0.15, -0.1) is 0 Å². The normalized spacial score (nSPS) is 12.9. The molecule has 4 aromatic rings. The molecule has 1 aromatic heterocycles. The van der Waals surface area contributed by atoms with Crippen LogP contribution in [0.25, 0.3) is 16.8 Å². The zero-order chi connectivity index (χ0) is 25.0. The molecule has 0 fully saturated rings. The van der Waals surface area contributed by atoms with Crippen LogP contribution in [0.1, 0.15) is 37.8 Å². The minimum atomic E-state index is -0.431. The van der Waals surface area contributed by atoms with Gasteiger partial charge >= 0.3 is 0 Å². The summed E-state index contributed by atoms with van der Waals surface area (Å²) in [6, 6.07) is 15.6. The number of hydrogen-bond donors (Lipinski definition) is 0. The number of amides is 2. The van der Waals surface area contributed by atoms with Crippen LogP contribution in [0, 0.1) is 26.6 Å². The number of nitrogens with zero attached hydrogens (tertiary/aromatic N) is 3. The lowest BCUT2D eigenvalue weighted by Gasteiger charge is -2.21. The highest BCUT2D eigenvalue weighted by atomic mass is 35.5. The molecule has 5 rings (SSSR count). The first kappa shape index (κ1) is 22.7. The van der Waals surface area contributed by atoms with Gasteiger partial charge in [0.2, 0.25) is 0 Å². The Morgan fingerprint density at radius 2 is 1.51 bits per heavy atom. The molecule has 2 amide bonds. The number of anilines is 1. The Labute approximate surface area is 205 Å². The van der Waals surface area contributed by atoms with Gasteiger partial charge in [-0.3, -0.25) is 14.4 Å². The van der Waals surface area contributed by atoms with Crippen LogP contribution in [0.15, 0.2) is 65.5 Å². The lowest BCUT2D eigenvalue weighted by atomic mass is 10.0. The summed E-state index contributed by atoms with van der Waals surface area (Å²) in [5.74, 6) is -0.762. The average molecular weight is 488 g/mol. The molecule has 0 spiro atoms. The molecular weight excluding hydrogens is 469 g/mol. The summed E-state index contributed by atoms with van der Waals surface area (Å²) in [6.45, 7) is 5.32. The van der Waals surface area contributed by atoms with Gasteiger partial charge in [0.1, 0.15) is 11.6 Å². The van der Waals surface area contributed by atoms with Gasteiger partial charge in [0.05, 0.1) is 22.4 Å². The Hall–Kier alpha value is -4.10. The zero-order valence-corrected chi connectivity index (χ0v) is 19.9. The minimum Gasteiger partial charge on any atom is -0.302 e. The predicted molar refractivity (Wildman–Crippen MR) is 132 cm³/mol. The van der Waals surface area contributed by atoms with E-state index in [1.165, 1.54) is 18.2 Å². The number of rotatable bonds is 3. The van der Waals surface area contributed by atoms with E-state index in [-0.39, 0.29) is 5.56 Å². The third-order valence-electron chi connectivity index (χ3n) is 6.16. The molecule has 0 unspecified atom stereocenters. The van der Waals surface area contributed by atoms with Crippen molar-refractivity contribution in [2.45, 2.75) is 20.8 Å². The highest BCUT2D eigenvalue weighted by Gasteiger charge is 2.37. The summed E-state index contributed by atoms with van der Waals surface area (Å²) in [4.78, 5) is 44.0. The Bertz CT molecular complexity index is 1610. The number of halogens is 2. The van der Waals surface area contributed by atoms with E-state index in [9.17, 15) is 18.8 Å². The molecule has 0 aliphatic carbocycles. The van der Waals surface area contributed by atoms with Crippen molar-refractivity contribution in [3.63, 3.8) is 0 Å². The maximum absolute atomic E-state index is 13.4. The van der Waals surface area contributed by atoms with E-state index in [1.54, 1.807) is 57.2 Å². The number of carbonyl (C=O) groups excluding carboxylic acids is 2. The van der Waals surface area contributed by atoms with Gasteiger partial charge in [0.25, 0.3) is 17.4 Å². The Morgan fingerprint density at radius 3 is 2.20 bits per heavy atom. The molecule has 1 aliphatic rings. The molecule has 0 atom stereocenters. The number of fused-ring (bicyclic) bond motifs is 1. The molecule has 0 N–H and O–H groups in total. The van der Waals surface area contributed by atoms with Crippen molar-refractivity contribution in [2.75, 3.05) is 4.90 Å². The molecule has 1 aliphatic heterocycles. The number of aromatic nitrogens is 2. The second kappa shape index (κ2) is 8.29. The van der Waals surface area contributed by atoms with E-state index in [2.05, 4.69) is 4.98 Å². The second-order valence-electron chi connectivity index (χ2n) is 8.37. The molecule has 6 nitrogen and oxygen atoms in total. The fourth-order valence-corrected chi connectivity index (χ4v) is 4.73. The number of benzene rings is 3. The lowest BCUT2D eigenvalue weighted by molar-refractivity contribution is 0.0926. The van der Waals surface area contributed by atoms with Gasteiger partial charge in [0.15, 0.2) is 0 Å². The Balaban J connectivity index is 1.60. The van der Waals surface area contributed by atoms with Crippen LogP contribution < -0.4 is 10.5 Å². The van der Waals surface area contributed by atoms with Gasteiger partial charge in [-0.2, -0.15) is 4.98 Å². The van der Waals surface area contributed by atoms with E-state index in [1.807, 2.05) is 10.6 Å². The first-order chi connectivity index (χ1) is 16.7. The minimum absolute atomic E-state index is 0.270. The first-order valence-corrected chi connectivity index (χ1v) is 11.2. The fraction of sp³-hybridized carbons (Fsp3) is 0.111. The molecule has 0 saturated heterocycles. The summed E-state index contributed by atoms with van der Waals surface area (Å²) in [7, 11) is 0. The lowest BCUT2D eigenvalue weighted by Crippen LogP contribution is -2.30. The van der Waals surface area contributed by atoms with Crippen LogP contribution in [0.4, 0.5) is 10.1 Å². The van der Waals surface area contributed by atoms with Gasteiger partial charge in [0, 0.05) is 16.4 Å². The van der Waals surface area contributed by atoms with Gasteiger partial charge < -0.3 is 4.57 Å². The topological polar surface area (TPSA) is 72.3 Å². The molecular formula is C27H19ClFN3O3. The highest BCUT2D eigenvalue weighted by molar-refractivity contribution is 6.36. The smallest absolute Gasteiger partial charge is 0.281 e. The molecule has 2 heterocycles. The molecule has 0 bridgehead atoms. The predicted octanol–water partition coefficient (Wildman–Crippen LogP) is 5.42. The monoisotopic (exact) mass is 487 g/mol. The van der Waals surface area contributed by atoms with E-state index in [0.717, 1.165) is 4.90 Å². The highest BCUT2D eigenvalue weighted by Crippen LogP contribution is 2.33. The van der Waals surface area contributed by atoms with Crippen LogP contribution >= 0.6 is 11.6 Å². The van der Waals surface area contributed by atoms with Crippen LogP contribution in [-0.4, -0.2) is 21.4 Å². The van der Waals surface area contributed by atoms with E-state index in [4.69, 9.17) is 11.6 Å². The average Bonchev–Trinajstić information content (AvgIpc) is 3.04. The summed E-state index contributed by atoms with van der Waals surface area (Å²) in [5.41, 5.74) is 3.59. The molecule has 174 valence electrons. The van der Waals surface area contributed by atoms with E-state index >= 15 is 0 Å². The van der Waals surface area contributed by atoms with Crippen molar-refractivity contribution in [2.24, 2.45) is 0 Å². The molecule has 3 aromatic carbocycles. The number of carbonyl (C=O) groups is 2. The van der Waals surface area contributed by atoms with Gasteiger partial charge in [-0.05, 0) is 80.4 Å². The Kier molecular flexibility index (Phi) is 5.37. The van der Waals surface area contributed by atoms with Crippen LogP contribution in [-0.2, 0) is 0 Å². The Morgan fingerprint density at radius 1 is 0.829 bits per heavy atom. The summed E-state index contributed by atoms with van der Waals surface area (Å²) < 4.78 is 15.2. The fourth-order valence-electron chi connectivity index (χ4n) is 4.55. The summed E-state index contributed by atoms with van der Waals surface area (Å²) >= 11 is 6.02. The van der Waals surface area contributed by atoms with Crippen LogP contribution in [0.2, 0.25) is 5.02 Å². The van der Waals surface area contributed by atoms with Crippen molar-refractivity contribution < 1.29 is 14.0 Å². The molecule has 0 saturated carbocycles. The van der Waals surface area contributed by atoms with Crippen molar-refractivity contribution >= 4 is 29.1 Å². The summed E-state index contributed by atoms with van der Waals surface area (Å²) in [6.07, 6.45) is 0. The zero-order valence-electron chi connectivity index (χ0n) is 19.1. The summed E-state index contributed by atoms with van der Waals surface area (Å²) in [5, 5.41) is 0.382. The molecule has 0 radical (unpaired) electrons. The SMILES string of the molecule is Cc1cc(-n2c(C)nc(=O)c(-c3ccc(F)cc3)c2C)ccc1N1C(=O)c2ccc(Cl)cc2C1=O. The standard InChI is InChI=1S/C27H19ClFN3O3/c1-14-12-20(9-11-23(14)32-26(34)21-10-6-18(28)13-22(21)27(32)35)31-15(2)24(25(33)30-16(31)3)17-4-7-19(29)8-5-17/h4-13H,1-3H3. The second-order valence-corrected chi connectivity index (χ2v) is 8.81. The molecule has 35 heavy (non-hydrogen) atoms.